The third kappa shape index (κ3) is 2.59. The highest BCUT2D eigenvalue weighted by molar-refractivity contribution is 6.31. The van der Waals surface area contributed by atoms with Crippen molar-refractivity contribution in [2.24, 2.45) is 0 Å². The second kappa shape index (κ2) is 5.19. The number of hydrogen-bond donors (Lipinski definition) is 0. The first-order valence-electron chi connectivity index (χ1n) is 5.46. The normalized spacial score (nSPS) is 14.2. The average Bonchev–Trinajstić information content (AvgIpc) is 3.14. The molecule has 0 spiro atoms. The van der Waals surface area contributed by atoms with Crippen LogP contribution in [0.1, 0.15) is 19.3 Å². The number of hydrogen-bond acceptors (Lipinski definition) is 5. The van der Waals surface area contributed by atoms with E-state index in [1.54, 1.807) is 7.11 Å². The van der Waals surface area contributed by atoms with Gasteiger partial charge in [-0.05, 0) is 12.8 Å². The van der Waals surface area contributed by atoms with E-state index in [0.717, 1.165) is 12.8 Å². The monoisotopic (exact) mass is 252 g/mol. The van der Waals surface area contributed by atoms with Crippen molar-refractivity contribution >= 4 is 17.4 Å². The summed E-state index contributed by atoms with van der Waals surface area (Å²) in [6.07, 6.45) is 4.12. The molecule has 0 amide bonds. The number of nitrogens with zero attached hydrogens (tertiary/aromatic N) is 4. The summed E-state index contributed by atoms with van der Waals surface area (Å²) in [6, 6.07) is 2.59. The van der Waals surface area contributed by atoms with Gasteiger partial charge in [0.1, 0.15) is 6.33 Å². The Bertz CT molecular complexity index is 442. The SMILES string of the molecule is COc1c(Cl)ncnc1N(CCC#N)C1CC1. The van der Waals surface area contributed by atoms with Crippen molar-refractivity contribution in [2.75, 3.05) is 18.6 Å². The number of rotatable bonds is 5. The van der Waals surface area contributed by atoms with E-state index in [1.165, 1.54) is 6.33 Å². The zero-order chi connectivity index (χ0) is 12.3. The zero-order valence-corrected chi connectivity index (χ0v) is 10.3. The summed E-state index contributed by atoms with van der Waals surface area (Å²) in [5.41, 5.74) is 0. The highest BCUT2D eigenvalue weighted by atomic mass is 35.5. The van der Waals surface area contributed by atoms with Gasteiger partial charge in [0.2, 0.25) is 0 Å². The summed E-state index contributed by atoms with van der Waals surface area (Å²) in [4.78, 5) is 10.2. The summed E-state index contributed by atoms with van der Waals surface area (Å²) in [6.45, 7) is 0.644. The number of ether oxygens (including phenoxy) is 1. The number of nitriles is 1. The molecule has 0 atom stereocenters. The molecule has 1 saturated carbocycles. The summed E-state index contributed by atoms with van der Waals surface area (Å²) < 4.78 is 5.23. The number of methoxy groups -OCH3 is 1. The molecule has 0 saturated heterocycles. The number of aromatic nitrogens is 2. The topological polar surface area (TPSA) is 62.0 Å². The molecule has 0 radical (unpaired) electrons. The Hall–Kier alpha value is -1.54. The first kappa shape index (κ1) is 11.9. The van der Waals surface area contributed by atoms with Crippen LogP contribution < -0.4 is 9.64 Å². The van der Waals surface area contributed by atoms with Gasteiger partial charge in [-0.1, -0.05) is 11.6 Å². The Balaban J connectivity index is 2.28. The second-order valence-electron chi connectivity index (χ2n) is 3.85. The van der Waals surface area contributed by atoms with Crippen LogP contribution in [0.4, 0.5) is 5.82 Å². The maximum Gasteiger partial charge on any atom is 0.199 e. The number of halogens is 1. The van der Waals surface area contributed by atoms with Crippen LogP contribution >= 0.6 is 11.6 Å². The molecule has 0 aliphatic heterocycles. The molecule has 2 rings (SSSR count). The molecule has 0 aromatic carbocycles. The van der Waals surface area contributed by atoms with Gasteiger partial charge in [0.25, 0.3) is 0 Å². The highest BCUT2D eigenvalue weighted by Gasteiger charge is 2.32. The van der Waals surface area contributed by atoms with E-state index in [0.29, 0.717) is 35.7 Å². The lowest BCUT2D eigenvalue weighted by Crippen LogP contribution is -2.28. The van der Waals surface area contributed by atoms with E-state index >= 15 is 0 Å². The van der Waals surface area contributed by atoms with Crippen molar-refractivity contribution in [3.8, 4) is 11.8 Å². The van der Waals surface area contributed by atoms with Gasteiger partial charge in [0, 0.05) is 12.6 Å². The molecule has 1 aliphatic carbocycles. The molecule has 1 aliphatic rings. The van der Waals surface area contributed by atoms with E-state index in [9.17, 15) is 0 Å². The third-order valence-electron chi connectivity index (χ3n) is 2.67. The van der Waals surface area contributed by atoms with Gasteiger partial charge in [-0.15, -0.1) is 0 Å². The Morgan fingerprint density at radius 3 is 2.94 bits per heavy atom. The molecule has 1 heterocycles. The zero-order valence-electron chi connectivity index (χ0n) is 9.56. The molecular formula is C11H13ClN4O. The Morgan fingerprint density at radius 1 is 1.59 bits per heavy atom. The van der Waals surface area contributed by atoms with E-state index < -0.39 is 0 Å². The van der Waals surface area contributed by atoms with Crippen LogP contribution in [0.25, 0.3) is 0 Å². The van der Waals surface area contributed by atoms with Crippen LogP contribution in [0.15, 0.2) is 6.33 Å². The molecular weight excluding hydrogens is 240 g/mol. The van der Waals surface area contributed by atoms with Crippen LogP contribution in [0, 0.1) is 11.3 Å². The molecule has 90 valence electrons. The fourth-order valence-electron chi connectivity index (χ4n) is 1.74. The minimum absolute atomic E-state index is 0.306. The minimum atomic E-state index is 0.306. The van der Waals surface area contributed by atoms with Gasteiger partial charge in [-0.25, -0.2) is 9.97 Å². The third-order valence-corrected chi connectivity index (χ3v) is 2.94. The quantitative estimate of drug-likeness (QED) is 0.751. The van der Waals surface area contributed by atoms with E-state index in [2.05, 4.69) is 20.9 Å². The van der Waals surface area contributed by atoms with Crippen molar-refractivity contribution < 1.29 is 4.74 Å². The fourth-order valence-corrected chi connectivity index (χ4v) is 1.95. The molecule has 5 nitrogen and oxygen atoms in total. The first-order valence-corrected chi connectivity index (χ1v) is 5.83. The standard InChI is InChI=1S/C11H13ClN4O/c1-17-9-10(12)14-7-15-11(9)16(6-2-5-13)8-3-4-8/h7-8H,2-4,6H2,1H3. The summed E-state index contributed by atoms with van der Waals surface area (Å²) >= 11 is 5.96. The van der Waals surface area contributed by atoms with E-state index in [-0.39, 0.29) is 0 Å². The molecule has 0 bridgehead atoms. The predicted molar refractivity (Wildman–Crippen MR) is 64.2 cm³/mol. The minimum Gasteiger partial charge on any atom is -0.490 e. The van der Waals surface area contributed by atoms with Crippen molar-refractivity contribution in [1.82, 2.24) is 9.97 Å². The van der Waals surface area contributed by atoms with Gasteiger partial charge in [-0.3, -0.25) is 0 Å². The van der Waals surface area contributed by atoms with Gasteiger partial charge >= 0.3 is 0 Å². The summed E-state index contributed by atoms with van der Waals surface area (Å²) in [5.74, 6) is 1.17. The van der Waals surface area contributed by atoms with E-state index in [4.69, 9.17) is 21.6 Å². The van der Waals surface area contributed by atoms with Crippen LogP contribution in [0.2, 0.25) is 5.15 Å². The van der Waals surface area contributed by atoms with E-state index in [1.807, 2.05) is 0 Å². The van der Waals surface area contributed by atoms with Crippen LogP contribution in [-0.2, 0) is 0 Å². The highest BCUT2D eigenvalue weighted by Crippen LogP contribution is 2.37. The van der Waals surface area contributed by atoms with Crippen molar-refractivity contribution in [2.45, 2.75) is 25.3 Å². The van der Waals surface area contributed by atoms with Crippen molar-refractivity contribution in [1.29, 1.82) is 5.26 Å². The van der Waals surface area contributed by atoms with Crippen molar-refractivity contribution in [3.05, 3.63) is 11.5 Å². The summed E-state index contributed by atoms with van der Waals surface area (Å²) in [7, 11) is 1.55. The molecule has 17 heavy (non-hydrogen) atoms. The molecule has 1 fully saturated rings. The maximum absolute atomic E-state index is 8.68. The van der Waals surface area contributed by atoms with Crippen molar-refractivity contribution in [3.63, 3.8) is 0 Å². The predicted octanol–water partition coefficient (Wildman–Crippen LogP) is 2.02. The fraction of sp³-hybridized carbons (Fsp3) is 0.545. The van der Waals surface area contributed by atoms with Gasteiger partial charge in [-0.2, -0.15) is 5.26 Å². The van der Waals surface area contributed by atoms with Crippen LogP contribution in [0.5, 0.6) is 5.75 Å². The lowest BCUT2D eigenvalue weighted by atomic mass is 10.3. The lowest BCUT2D eigenvalue weighted by molar-refractivity contribution is 0.410. The Morgan fingerprint density at radius 2 is 2.35 bits per heavy atom. The second-order valence-corrected chi connectivity index (χ2v) is 4.21. The molecule has 1 aromatic heterocycles. The van der Waals surface area contributed by atoms with Gasteiger partial charge < -0.3 is 9.64 Å². The molecule has 6 heteroatoms. The smallest absolute Gasteiger partial charge is 0.199 e. The van der Waals surface area contributed by atoms with Crippen LogP contribution in [-0.4, -0.2) is 29.7 Å². The molecule has 0 N–H and O–H groups in total. The molecule has 0 unspecified atom stereocenters. The first-order chi connectivity index (χ1) is 8.27. The Labute approximate surface area is 105 Å². The Kier molecular flexibility index (Phi) is 3.64. The maximum atomic E-state index is 8.68. The number of anilines is 1. The summed E-state index contributed by atoms with van der Waals surface area (Å²) in [5, 5.41) is 8.98. The van der Waals surface area contributed by atoms with Crippen LogP contribution in [0.3, 0.4) is 0 Å². The average molecular weight is 253 g/mol. The largest absolute Gasteiger partial charge is 0.490 e. The van der Waals surface area contributed by atoms with Gasteiger partial charge in [0.05, 0.1) is 19.6 Å². The van der Waals surface area contributed by atoms with Gasteiger partial charge in [0.15, 0.2) is 16.7 Å². The lowest BCUT2D eigenvalue weighted by Gasteiger charge is -2.23. The molecule has 1 aromatic rings.